The third kappa shape index (κ3) is 5.16. The normalized spacial score (nSPS) is 16.8. The topological polar surface area (TPSA) is 62.2 Å². The van der Waals surface area contributed by atoms with Gasteiger partial charge in [-0.15, -0.1) is 0 Å². The fraction of sp³-hybridized carbons (Fsp3) is 0.129. The second kappa shape index (κ2) is 11.3. The fourth-order valence-electron chi connectivity index (χ4n) is 5.27. The summed E-state index contributed by atoms with van der Waals surface area (Å²) in [6.07, 6.45) is 3.98. The first-order valence-corrected chi connectivity index (χ1v) is 14.0. The zero-order valence-electron chi connectivity index (χ0n) is 21.3. The highest BCUT2D eigenvalue weighted by Crippen LogP contribution is 2.40. The summed E-state index contributed by atoms with van der Waals surface area (Å²) < 4.78 is 2.04. The number of hydrogen-bond acceptors (Lipinski definition) is 3. The number of anilines is 1. The zero-order chi connectivity index (χ0) is 27.6. The number of carbonyl (C=O) groups excluding carboxylic acids is 1. The van der Waals surface area contributed by atoms with Crippen LogP contribution in [0.15, 0.2) is 103 Å². The first kappa shape index (κ1) is 26.3. The molecular formula is C31H25Cl2N5OS. The lowest BCUT2D eigenvalue weighted by Crippen LogP contribution is -2.33. The summed E-state index contributed by atoms with van der Waals surface area (Å²) in [4.78, 5) is 19.9. The molecule has 1 aliphatic heterocycles. The average molecular weight is 587 g/mol. The van der Waals surface area contributed by atoms with Crippen molar-refractivity contribution in [1.82, 2.24) is 19.8 Å². The number of nitrogens with zero attached hydrogens (tertiary/aromatic N) is 3. The van der Waals surface area contributed by atoms with Crippen molar-refractivity contribution in [2.45, 2.75) is 18.5 Å². The minimum absolute atomic E-state index is 0.0877. The van der Waals surface area contributed by atoms with Crippen LogP contribution in [0.3, 0.4) is 0 Å². The van der Waals surface area contributed by atoms with E-state index in [1.165, 1.54) is 0 Å². The number of halogens is 2. The van der Waals surface area contributed by atoms with Crippen LogP contribution in [0.5, 0.6) is 0 Å². The van der Waals surface area contributed by atoms with E-state index in [2.05, 4.69) is 20.5 Å². The first-order valence-electron chi connectivity index (χ1n) is 12.9. The Labute approximate surface area is 247 Å². The Morgan fingerprint density at radius 2 is 1.80 bits per heavy atom. The molecule has 6 nitrogen and oxygen atoms in total. The molecular weight excluding hydrogens is 561 g/mol. The summed E-state index contributed by atoms with van der Waals surface area (Å²) in [5.74, 6) is -0.0877. The van der Waals surface area contributed by atoms with Gasteiger partial charge in [0, 0.05) is 47.1 Å². The molecule has 1 fully saturated rings. The van der Waals surface area contributed by atoms with Crippen LogP contribution >= 0.6 is 35.4 Å². The van der Waals surface area contributed by atoms with Gasteiger partial charge < -0.3 is 20.1 Å². The molecule has 0 radical (unpaired) electrons. The molecule has 2 aromatic heterocycles. The van der Waals surface area contributed by atoms with Gasteiger partial charge in [-0.2, -0.15) is 0 Å². The molecule has 6 rings (SSSR count). The van der Waals surface area contributed by atoms with E-state index in [-0.39, 0.29) is 24.4 Å². The third-order valence-electron chi connectivity index (χ3n) is 7.09. The van der Waals surface area contributed by atoms with Crippen molar-refractivity contribution in [3.8, 4) is 5.69 Å². The molecule has 5 aromatic rings. The Kier molecular flexibility index (Phi) is 7.43. The van der Waals surface area contributed by atoms with Crippen LogP contribution in [-0.2, 0) is 4.79 Å². The summed E-state index contributed by atoms with van der Waals surface area (Å²) in [6.45, 7) is 0.413. The van der Waals surface area contributed by atoms with Crippen molar-refractivity contribution in [2.75, 3.05) is 11.9 Å². The van der Waals surface area contributed by atoms with E-state index >= 15 is 0 Å². The van der Waals surface area contributed by atoms with Gasteiger partial charge >= 0.3 is 0 Å². The minimum atomic E-state index is -0.241. The standard InChI is InChI=1S/C31H25Cl2N5OS/c32-21-13-14-26(23(33)19-21)37-17-6-12-27(37)30-29(25-10-3-4-16-34-25)36-31(40)38(30)18-15-28(39)35-24-11-5-8-20-7-1-2-9-22(20)24/h1-14,16-17,19,29-30H,15,18H2,(H,35,39)(H,36,40)/t29-,30-/m1/s1. The van der Waals surface area contributed by atoms with Crippen molar-refractivity contribution < 1.29 is 4.79 Å². The van der Waals surface area contributed by atoms with E-state index in [9.17, 15) is 4.79 Å². The number of pyridine rings is 1. The van der Waals surface area contributed by atoms with Gasteiger partial charge in [-0.3, -0.25) is 9.78 Å². The number of carbonyl (C=O) groups is 1. The lowest BCUT2D eigenvalue weighted by atomic mass is 10.0. The number of nitrogens with one attached hydrogen (secondary N) is 2. The maximum absolute atomic E-state index is 13.2. The highest BCUT2D eigenvalue weighted by molar-refractivity contribution is 7.80. The smallest absolute Gasteiger partial charge is 0.226 e. The molecule has 0 saturated carbocycles. The van der Waals surface area contributed by atoms with E-state index in [0.717, 1.165) is 33.5 Å². The third-order valence-corrected chi connectivity index (χ3v) is 7.98. The van der Waals surface area contributed by atoms with Gasteiger partial charge in [-0.25, -0.2) is 0 Å². The summed E-state index contributed by atoms with van der Waals surface area (Å²) in [5.41, 5.74) is 3.41. The molecule has 1 aliphatic rings. The predicted molar refractivity (Wildman–Crippen MR) is 165 cm³/mol. The molecule has 0 spiro atoms. The summed E-state index contributed by atoms with van der Waals surface area (Å²) >= 11 is 18.6. The number of amides is 1. The molecule has 200 valence electrons. The molecule has 40 heavy (non-hydrogen) atoms. The molecule has 2 atom stereocenters. The highest BCUT2D eigenvalue weighted by atomic mass is 35.5. The number of fused-ring (bicyclic) bond motifs is 1. The molecule has 1 saturated heterocycles. The molecule has 3 heterocycles. The van der Waals surface area contributed by atoms with E-state index < -0.39 is 0 Å². The Morgan fingerprint density at radius 1 is 0.975 bits per heavy atom. The van der Waals surface area contributed by atoms with Gasteiger partial charge in [-0.1, -0.05) is 65.7 Å². The van der Waals surface area contributed by atoms with Crippen LogP contribution in [0.4, 0.5) is 5.69 Å². The molecule has 2 N–H and O–H groups in total. The average Bonchev–Trinajstić information content (AvgIpc) is 3.56. The predicted octanol–water partition coefficient (Wildman–Crippen LogP) is 7.33. The van der Waals surface area contributed by atoms with Gasteiger partial charge in [-0.05, 0) is 66.1 Å². The van der Waals surface area contributed by atoms with Crippen LogP contribution in [0.25, 0.3) is 16.5 Å². The van der Waals surface area contributed by atoms with E-state index in [1.54, 1.807) is 12.3 Å². The van der Waals surface area contributed by atoms with Gasteiger partial charge in [0.1, 0.15) is 0 Å². The van der Waals surface area contributed by atoms with Crippen LogP contribution in [-0.4, -0.2) is 32.0 Å². The molecule has 9 heteroatoms. The van der Waals surface area contributed by atoms with Gasteiger partial charge in [0.25, 0.3) is 0 Å². The number of rotatable bonds is 7. The first-order chi connectivity index (χ1) is 19.5. The van der Waals surface area contributed by atoms with Crippen LogP contribution in [0, 0.1) is 0 Å². The van der Waals surface area contributed by atoms with Gasteiger partial charge in [0.2, 0.25) is 5.91 Å². The van der Waals surface area contributed by atoms with Crippen LogP contribution in [0.1, 0.15) is 29.9 Å². The van der Waals surface area contributed by atoms with Crippen molar-refractivity contribution in [3.63, 3.8) is 0 Å². The van der Waals surface area contributed by atoms with Gasteiger partial charge in [0.15, 0.2) is 5.11 Å². The summed E-state index contributed by atoms with van der Waals surface area (Å²) in [7, 11) is 0. The lowest BCUT2D eigenvalue weighted by molar-refractivity contribution is -0.116. The molecule has 0 bridgehead atoms. The SMILES string of the molecule is O=C(CCN1C(=S)N[C@H](c2ccccn2)[C@H]1c1cccn1-c1ccc(Cl)cc1Cl)Nc1cccc2ccccc12. The Balaban J connectivity index is 1.30. The van der Waals surface area contributed by atoms with Gasteiger partial charge in [0.05, 0.1) is 28.5 Å². The second-order valence-electron chi connectivity index (χ2n) is 9.54. The van der Waals surface area contributed by atoms with Crippen molar-refractivity contribution in [2.24, 2.45) is 0 Å². The number of hydrogen-bond donors (Lipinski definition) is 2. The van der Waals surface area contributed by atoms with E-state index in [0.29, 0.717) is 21.7 Å². The number of aromatic nitrogens is 2. The van der Waals surface area contributed by atoms with E-state index in [1.807, 2.05) is 95.7 Å². The largest absolute Gasteiger partial charge is 0.352 e. The summed E-state index contributed by atoms with van der Waals surface area (Å²) in [6, 6.07) is 28.7. The van der Waals surface area contributed by atoms with E-state index in [4.69, 9.17) is 35.4 Å². The molecule has 1 amide bonds. The maximum atomic E-state index is 13.2. The Morgan fingerprint density at radius 3 is 2.62 bits per heavy atom. The molecule has 3 aromatic carbocycles. The Bertz CT molecular complexity index is 1700. The Hall–Kier alpha value is -3.91. The number of benzene rings is 3. The molecule has 0 unspecified atom stereocenters. The minimum Gasteiger partial charge on any atom is -0.352 e. The van der Waals surface area contributed by atoms with Crippen molar-refractivity contribution in [1.29, 1.82) is 0 Å². The summed E-state index contributed by atoms with van der Waals surface area (Å²) in [5, 5.41) is 10.3. The monoisotopic (exact) mass is 585 g/mol. The quantitative estimate of drug-likeness (QED) is 0.196. The highest BCUT2D eigenvalue weighted by Gasteiger charge is 2.41. The fourth-order valence-corrected chi connectivity index (χ4v) is 6.10. The maximum Gasteiger partial charge on any atom is 0.226 e. The van der Waals surface area contributed by atoms with Crippen molar-refractivity contribution in [3.05, 3.63) is 125 Å². The second-order valence-corrected chi connectivity index (χ2v) is 10.8. The number of thiocarbonyl (C=S) groups is 1. The van der Waals surface area contributed by atoms with Crippen LogP contribution in [0.2, 0.25) is 10.0 Å². The van der Waals surface area contributed by atoms with Crippen LogP contribution < -0.4 is 10.6 Å². The van der Waals surface area contributed by atoms with Crippen molar-refractivity contribution >= 4 is 62.9 Å². The zero-order valence-corrected chi connectivity index (χ0v) is 23.6. The molecule has 0 aliphatic carbocycles. The lowest BCUT2D eigenvalue weighted by Gasteiger charge is -2.29.